The number of hydroxylamine groups is 1. The molecular formula is C18H16N2O3S2. The number of rotatable bonds is 5. The first-order chi connectivity index (χ1) is 12.1. The average Bonchev–Trinajstić information content (AvgIpc) is 3.33. The van der Waals surface area contributed by atoms with Crippen LogP contribution in [0, 0.1) is 0 Å². The summed E-state index contributed by atoms with van der Waals surface area (Å²) in [5.74, 6) is -0.877. The van der Waals surface area contributed by atoms with Crippen molar-refractivity contribution in [1.29, 1.82) is 0 Å². The quantitative estimate of drug-likeness (QED) is 0.466. The molecule has 0 fully saturated rings. The van der Waals surface area contributed by atoms with E-state index in [9.17, 15) is 9.59 Å². The molecule has 0 radical (unpaired) electrons. The number of amides is 2. The highest BCUT2D eigenvalue weighted by atomic mass is 32.1. The van der Waals surface area contributed by atoms with Crippen molar-refractivity contribution >= 4 is 34.5 Å². The molecule has 2 heterocycles. The Morgan fingerprint density at radius 1 is 1.00 bits per heavy atom. The average molecular weight is 372 g/mol. The van der Waals surface area contributed by atoms with E-state index in [0.717, 1.165) is 22.5 Å². The summed E-state index contributed by atoms with van der Waals surface area (Å²) in [7, 11) is 0. The highest BCUT2D eigenvalue weighted by Gasteiger charge is 2.16. The highest BCUT2D eigenvalue weighted by Crippen LogP contribution is 2.26. The third-order valence-electron chi connectivity index (χ3n) is 3.72. The zero-order chi connectivity index (χ0) is 17.8. The van der Waals surface area contributed by atoms with Crippen molar-refractivity contribution in [2.24, 2.45) is 0 Å². The van der Waals surface area contributed by atoms with Gasteiger partial charge in [-0.15, -0.1) is 22.7 Å². The zero-order valence-electron chi connectivity index (χ0n) is 13.4. The SMILES string of the molecule is C[C@@H](NC(=O)c1ccc(C(=O)NO)s1)c1ccc(-c2cccs2)cc1. The second kappa shape index (κ2) is 7.60. The second-order valence-electron chi connectivity index (χ2n) is 5.40. The van der Waals surface area contributed by atoms with E-state index in [-0.39, 0.29) is 16.8 Å². The third kappa shape index (κ3) is 3.96. The molecule has 3 N–H and O–H groups in total. The van der Waals surface area contributed by atoms with Gasteiger partial charge in [0.25, 0.3) is 11.8 Å². The van der Waals surface area contributed by atoms with Crippen LogP contribution in [-0.2, 0) is 0 Å². The molecule has 128 valence electrons. The van der Waals surface area contributed by atoms with Crippen molar-refractivity contribution < 1.29 is 14.8 Å². The Hall–Kier alpha value is -2.48. The van der Waals surface area contributed by atoms with Gasteiger partial charge >= 0.3 is 0 Å². The van der Waals surface area contributed by atoms with Gasteiger partial charge in [0, 0.05) is 4.88 Å². The van der Waals surface area contributed by atoms with E-state index < -0.39 is 5.91 Å². The van der Waals surface area contributed by atoms with Crippen LogP contribution in [0.5, 0.6) is 0 Å². The molecule has 3 rings (SSSR count). The minimum Gasteiger partial charge on any atom is -0.345 e. The summed E-state index contributed by atoms with van der Waals surface area (Å²) in [5, 5.41) is 13.6. The minimum atomic E-state index is -0.624. The molecule has 0 spiro atoms. The van der Waals surface area contributed by atoms with E-state index in [1.54, 1.807) is 22.9 Å². The van der Waals surface area contributed by atoms with Gasteiger partial charge in [-0.3, -0.25) is 14.8 Å². The van der Waals surface area contributed by atoms with Gasteiger partial charge in [0.15, 0.2) is 0 Å². The fourth-order valence-corrected chi connectivity index (χ4v) is 3.90. The van der Waals surface area contributed by atoms with Crippen molar-refractivity contribution in [2.45, 2.75) is 13.0 Å². The van der Waals surface area contributed by atoms with Crippen LogP contribution in [0.1, 0.15) is 37.9 Å². The van der Waals surface area contributed by atoms with Gasteiger partial charge < -0.3 is 5.32 Å². The fraction of sp³-hybridized carbons (Fsp3) is 0.111. The Morgan fingerprint density at radius 2 is 1.68 bits per heavy atom. The summed E-state index contributed by atoms with van der Waals surface area (Å²) in [4.78, 5) is 25.6. The van der Waals surface area contributed by atoms with Crippen molar-refractivity contribution in [3.63, 3.8) is 0 Å². The maximum Gasteiger partial charge on any atom is 0.284 e. The summed E-state index contributed by atoms with van der Waals surface area (Å²) in [6.45, 7) is 1.91. The van der Waals surface area contributed by atoms with Gasteiger partial charge in [0.2, 0.25) is 0 Å². The first-order valence-electron chi connectivity index (χ1n) is 7.57. The van der Waals surface area contributed by atoms with E-state index in [1.165, 1.54) is 10.9 Å². The van der Waals surface area contributed by atoms with Crippen LogP contribution in [0.2, 0.25) is 0 Å². The van der Waals surface area contributed by atoms with E-state index >= 15 is 0 Å². The number of hydrogen-bond donors (Lipinski definition) is 3. The van der Waals surface area contributed by atoms with Crippen LogP contribution in [0.25, 0.3) is 10.4 Å². The Morgan fingerprint density at radius 3 is 2.28 bits per heavy atom. The molecule has 5 nitrogen and oxygen atoms in total. The summed E-state index contributed by atoms with van der Waals surface area (Å²) >= 11 is 2.71. The maximum atomic E-state index is 12.3. The number of thiophene rings is 2. The third-order valence-corrected chi connectivity index (χ3v) is 5.72. The lowest BCUT2D eigenvalue weighted by molar-refractivity contribution is 0.0711. The Kier molecular flexibility index (Phi) is 5.28. The number of benzene rings is 1. The van der Waals surface area contributed by atoms with Crippen molar-refractivity contribution in [1.82, 2.24) is 10.8 Å². The molecule has 0 saturated carbocycles. The van der Waals surface area contributed by atoms with E-state index in [0.29, 0.717) is 4.88 Å². The predicted molar refractivity (Wildman–Crippen MR) is 99.2 cm³/mol. The zero-order valence-corrected chi connectivity index (χ0v) is 15.0. The summed E-state index contributed by atoms with van der Waals surface area (Å²) in [6.07, 6.45) is 0. The monoisotopic (exact) mass is 372 g/mol. The van der Waals surface area contributed by atoms with Crippen LogP contribution in [0.3, 0.4) is 0 Å². The van der Waals surface area contributed by atoms with Crippen molar-refractivity contribution in [2.75, 3.05) is 0 Å². The van der Waals surface area contributed by atoms with Gasteiger partial charge in [0.05, 0.1) is 15.8 Å². The Balaban J connectivity index is 1.67. The second-order valence-corrected chi connectivity index (χ2v) is 7.43. The molecule has 1 atom stereocenters. The lowest BCUT2D eigenvalue weighted by atomic mass is 10.1. The fourth-order valence-electron chi connectivity index (χ4n) is 2.37. The molecule has 3 aromatic rings. The topological polar surface area (TPSA) is 78.4 Å². The van der Waals surface area contributed by atoms with Crippen LogP contribution >= 0.6 is 22.7 Å². The molecule has 2 amide bonds. The van der Waals surface area contributed by atoms with Gasteiger partial charge in [-0.25, -0.2) is 5.48 Å². The minimum absolute atomic E-state index is 0.165. The molecule has 2 aromatic heterocycles. The molecule has 0 aliphatic rings. The lowest BCUT2D eigenvalue weighted by Crippen LogP contribution is -2.25. The summed E-state index contributed by atoms with van der Waals surface area (Å²) in [6, 6.07) is 15.1. The van der Waals surface area contributed by atoms with E-state index in [4.69, 9.17) is 5.21 Å². The van der Waals surface area contributed by atoms with Crippen LogP contribution < -0.4 is 10.8 Å². The molecule has 0 saturated heterocycles. The van der Waals surface area contributed by atoms with Crippen molar-refractivity contribution in [3.05, 3.63) is 69.2 Å². The van der Waals surface area contributed by atoms with E-state index in [1.807, 2.05) is 42.6 Å². The van der Waals surface area contributed by atoms with Gasteiger partial charge in [-0.2, -0.15) is 0 Å². The Labute approximate surface area is 152 Å². The number of nitrogens with one attached hydrogen (secondary N) is 2. The molecule has 0 bridgehead atoms. The molecule has 7 heteroatoms. The molecule has 0 aliphatic heterocycles. The van der Waals surface area contributed by atoms with Crippen LogP contribution in [0.15, 0.2) is 53.9 Å². The van der Waals surface area contributed by atoms with Crippen LogP contribution in [-0.4, -0.2) is 17.0 Å². The van der Waals surface area contributed by atoms with Gasteiger partial charge in [0.1, 0.15) is 0 Å². The van der Waals surface area contributed by atoms with Gasteiger partial charge in [-0.05, 0) is 41.6 Å². The molecule has 0 aliphatic carbocycles. The van der Waals surface area contributed by atoms with Crippen LogP contribution in [0.4, 0.5) is 0 Å². The van der Waals surface area contributed by atoms with Crippen molar-refractivity contribution in [3.8, 4) is 10.4 Å². The molecule has 25 heavy (non-hydrogen) atoms. The molecule has 1 aromatic carbocycles. The lowest BCUT2D eigenvalue weighted by Gasteiger charge is -2.14. The normalized spacial score (nSPS) is 11.8. The summed E-state index contributed by atoms with van der Waals surface area (Å²) < 4.78 is 0. The van der Waals surface area contributed by atoms with E-state index in [2.05, 4.69) is 11.4 Å². The highest BCUT2D eigenvalue weighted by molar-refractivity contribution is 7.16. The number of carbonyl (C=O) groups excluding carboxylic acids is 2. The van der Waals surface area contributed by atoms with Gasteiger partial charge in [-0.1, -0.05) is 30.3 Å². The Bertz CT molecular complexity index is 870. The number of carbonyl (C=O) groups is 2. The standard InChI is InChI=1S/C18H16N2O3S2/c1-11(12-4-6-13(7-5-12)14-3-2-10-24-14)19-17(21)15-8-9-16(25-15)18(22)20-23/h2-11,23H,1H3,(H,19,21)(H,20,22)/t11-/m1/s1. The molecular weight excluding hydrogens is 356 g/mol. The smallest absolute Gasteiger partial charge is 0.284 e. The first kappa shape index (κ1) is 17.3. The first-order valence-corrected chi connectivity index (χ1v) is 9.27. The largest absolute Gasteiger partial charge is 0.345 e. The molecule has 0 unspecified atom stereocenters. The summed E-state index contributed by atoms with van der Waals surface area (Å²) in [5.41, 5.74) is 3.70. The maximum absolute atomic E-state index is 12.3. The predicted octanol–water partition coefficient (Wildman–Crippen LogP) is 4.09. The number of hydrogen-bond acceptors (Lipinski definition) is 5.